The Labute approximate surface area is 129 Å². The fourth-order valence-electron chi connectivity index (χ4n) is 3.19. The molecule has 120 valence electrons. The van der Waals surface area contributed by atoms with E-state index in [4.69, 9.17) is 9.47 Å². The number of aliphatic hydroxyl groups is 2. The van der Waals surface area contributed by atoms with Crippen LogP contribution in [-0.2, 0) is 4.74 Å². The normalized spacial score (nSPS) is 26.4. The van der Waals surface area contributed by atoms with Gasteiger partial charge in [-0.25, -0.2) is 4.79 Å². The van der Waals surface area contributed by atoms with Gasteiger partial charge in [-0.2, -0.15) is 0 Å². The zero-order chi connectivity index (χ0) is 16.1. The molecule has 0 saturated heterocycles. The van der Waals surface area contributed by atoms with Gasteiger partial charge >= 0.3 is 5.97 Å². The summed E-state index contributed by atoms with van der Waals surface area (Å²) in [6, 6.07) is 3.60. The molecule has 3 atom stereocenters. The Kier molecular flexibility index (Phi) is 3.65. The standard InChI is InChI=1S/C17H22O5/c1-4-5-6-11-9-7-8-10-13(18)15(17(2,3)20)22-14(10)12(9)16(19)21-11/h7-8,11,13,15,18,20H,4-6H2,1-3H3/t11-,13+,15-/m1/s1. The number of fused-ring (bicyclic) bond motifs is 3. The second-order valence-electron chi connectivity index (χ2n) is 6.62. The predicted octanol–water partition coefficient (Wildman–Crippen LogP) is 2.65. The van der Waals surface area contributed by atoms with E-state index < -0.39 is 23.8 Å². The van der Waals surface area contributed by atoms with Crippen LogP contribution < -0.4 is 4.74 Å². The Hall–Kier alpha value is -1.59. The molecule has 0 spiro atoms. The molecule has 0 unspecified atom stereocenters. The number of carbonyl (C=O) groups excluding carboxylic acids is 1. The van der Waals surface area contributed by atoms with Crippen LogP contribution in [0.3, 0.4) is 0 Å². The van der Waals surface area contributed by atoms with Crippen LogP contribution in [0.4, 0.5) is 0 Å². The van der Waals surface area contributed by atoms with Gasteiger partial charge in [-0.1, -0.05) is 25.5 Å². The van der Waals surface area contributed by atoms with E-state index in [-0.39, 0.29) is 6.10 Å². The molecule has 22 heavy (non-hydrogen) atoms. The Morgan fingerprint density at radius 3 is 2.55 bits per heavy atom. The van der Waals surface area contributed by atoms with E-state index in [9.17, 15) is 15.0 Å². The minimum Gasteiger partial charge on any atom is -0.483 e. The van der Waals surface area contributed by atoms with Crippen molar-refractivity contribution in [2.24, 2.45) is 0 Å². The lowest BCUT2D eigenvalue weighted by Crippen LogP contribution is -2.41. The first-order valence-electron chi connectivity index (χ1n) is 7.79. The molecular weight excluding hydrogens is 284 g/mol. The first-order valence-corrected chi connectivity index (χ1v) is 7.79. The summed E-state index contributed by atoms with van der Waals surface area (Å²) in [4.78, 5) is 12.2. The summed E-state index contributed by atoms with van der Waals surface area (Å²) in [6.45, 7) is 5.25. The second kappa shape index (κ2) is 5.25. The van der Waals surface area contributed by atoms with Gasteiger partial charge < -0.3 is 19.7 Å². The van der Waals surface area contributed by atoms with Crippen LogP contribution in [0.2, 0.25) is 0 Å². The lowest BCUT2D eigenvalue weighted by molar-refractivity contribution is -0.0764. The Balaban J connectivity index is 1.99. The Morgan fingerprint density at radius 1 is 1.23 bits per heavy atom. The number of aliphatic hydroxyl groups excluding tert-OH is 1. The molecule has 0 aromatic heterocycles. The van der Waals surface area contributed by atoms with Gasteiger partial charge in [-0.3, -0.25) is 0 Å². The van der Waals surface area contributed by atoms with Crippen molar-refractivity contribution in [3.63, 3.8) is 0 Å². The van der Waals surface area contributed by atoms with Crippen LogP contribution in [0, 0.1) is 0 Å². The topological polar surface area (TPSA) is 76.0 Å². The number of rotatable bonds is 4. The molecule has 2 heterocycles. The van der Waals surface area contributed by atoms with Gasteiger partial charge in [0.15, 0.2) is 6.10 Å². The molecule has 5 heteroatoms. The average molecular weight is 306 g/mol. The number of carbonyl (C=O) groups is 1. The van der Waals surface area contributed by atoms with Gasteiger partial charge in [0.1, 0.15) is 23.5 Å². The van der Waals surface area contributed by atoms with Gasteiger partial charge in [-0.05, 0) is 26.7 Å². The van der Waals surface area contributed by atoms with Gasteiger partial charge in [0.25, 0.3) is 0 Å². The molecule has 1 aromatic carbocycles. The molecule has 0 amide bonds. The maximum Gasteiger partial charge on any atom is 0.342 e. The third kappa shape index (κ3) is 2.29. The van der Waals surface area contributed by atoms with Crippen molar-refractivity contribution in [1.29, 1.82) is 0 Å². The van der Waals surface area contributed by atoms with Crippen molar-refractivity contribution in [2.75, 3.05) is 0 Å². The fourth-order valence-corrected chi connectivity index (χ4v) is 3.19. The summed E-state index contributed by atoms with van der Waals surface area (Å²) in [5.74, 6) is -0.0438. The Morgan fingerprint density at radius 2 is 1.91 bits per heavy atom. The zero-order valence-corrected chi connectivity index (χ0v) is 13.1. The maximum atomic E-state index is 12.2. The zero-order valence-electron chi connectivity index (χ0n) is 13.1. The molecule has 2 aliphatic heterocycles. The fraction of sp³-hybridized carbons (Fsp3) is 0.588. The second-order valence-corrected chi connectivity index (χ2v) is 6.62. The van der Waals surface area contributed by atoms with Crippen molar-refractivity contribution < 1.29 is 24.5 Å². The monoisotopic (exact) mass is 306 g/mol. The van der Waals surface area contributed by atoms with Crippen LogP contribution in [0.25, 0.3) is 0 Å². The molecule has 3 rings (SSSR count). The van der Waals surface area contributed by atoms with Gasteiger partial charge in [0.05, 0.1) is 5.60 Å². The SMILES string of the molecule is CCCC[C@H]1OC(=O)c2c1ccc1c2O[C@@H](C(C)(C)O)[C@H]1O. The van der Waals surface area contributed by atoms with E-state index in [2.05, 4.69) is 6.92 Å². The molecule has 2 aliphatic rings. The molecule has 2 N–H and O–H groups in total. The van der Waals surface area contributed by atoms with Crippen LogP contribution in [0.15, 0.2) is 12.1 Å². The number of unbranched alkanes of at least 4 members (excludes halogenated alkanes) is 1. The number of hydrogen-bond donors (Lipinski definition) is 2. The lowest BCUT2D eigenvalue weighted by Gasteiger charge is -2.27. The summed E-state index contributed by atoms with van der Waals surface area (Å²) in [6.07, 6.45) is 0.800. The van der Waals surface area contributed by atoms with Crippen LogP contribution >= 0.6 is 0 Å². The van der Waals surface area contributed by atoms with Crippen molar-refractivity contribution in [2.45, 2.75) is 63.9 Å². The van der Waals surface area contributed by atoms with Crippen LogP contribution in [0.5, 0.6) is 5.75 Å². The summed E-state index contributed by atoms with van der Waals surface area (Å²) >= 11 is 0. The van der Waals surface area contributed by atoms with Gasteiger partial charge in [-0.15, -0.1) is 0 Å². The highest BCUT2D eigenvalue weighted by Crippen LogP contribution is 2.48. The summed E-state index contributed by atoms with van der Waals surface area (Å²) in [5, 5.41) is 20.5. The average Bonchev–Trinajstić information content (AvgIpc) is 2.95. The number of benzene rings is 1. The number of ether oxygens (including phenoxy) is 2. The largest absolute Gasteiger partial charge is 0.483 e. The molecule has 5 nitrogen and oxygen atoms in total. The molecular formula is C17H22O5. The highest BCUT2D eigenvalue weighted by Gasteiger charge is 2.46. The van der Waals surface area contributed by atoms with Crippen LogP contribution in [0.1, 0.15) is 73.7 Å². The molecule has 0 saturated carbocycles. The number of hydrogen-bond acceptors (Lipinski definition) is 5. The highest BCUT2D eigenvalue weighted by molar-refractivity contribution is 5.97. The van der Waals surface area contributed by atoms with E-state index in [1.165, 1.54) is 0 Å². The van der Waals surface area contributed by atoms with Crippen molar-refractivity contribution >= 4 is 5.97 Å². The maximum absolute atomic E-state index is 12.2. The van der Waals surface area contributed by atoms with Crippen molar-refractivity contribution in [1.82, 2.24) is 0 Å². The van der Waals surface area contributed by atoms with Crippen molar-refractivity contribution in [3.05, 3.63) is 28.8 Å². The highest BCUT2D eigenvalue weighted by atomic mass is 16.6. The molecule has 0 radical (unpaired) electrons. The quantitative estimate of drug-likeness (QED) is 0.836. The smallest absolute Gasteiger partial charge is 0.342 e. The third-order valence-corrected chi connectivity index (χ3v) is 4.39. The van der Waals surface area contributed by atoms with Crippen LogP contribution in [-0.4, -0.2) is 27.9 Å². The van der Waals surface area contributed by atoms with E-state index in [0.29, 0.717) is 16.9 Å². The number of cyclic esters (lactones) is 1. The Bertz CT molecular complexity index is 602. The summed E-state index contributed by atoms with van der Waals surface area (Å²) in [7, 11) is 0. The van der Waals surface area contributed by atoms with E-state index in [1.54, 1.807) is 19.9 Å². The minimum absolute atomic E-state index is 0.241. The first-order chi connectivity index (χ1) is 10.3. The summed E-state index contributed by atoms with van der Waals surface area (Å²) < 4.78 is 11.2. The van der Waals surface area contributed by atoms with E-state index >= 15 is 0 Å². The molecule has 0 fully saturated rings. The van der Waals surface area contributed by atoms with E-state index in [1.807, 2.05) is 6.07 Å². The summed E-state index contributed by atoms with van der Waals surface area (Å²) in [5.41, 5.74) is 0.555. The van der Waals surface area contributed by atoms with Gasteiger partial charge in [0.2, 0.25) is 0 Å². The predicted molar refractivity (Wildman–Crippen MR) is 79.8 cm³/mol. The molecule has 0 bridgehead atoms. The third-order valence-electron chi connectivity index (χ3n) is 4.39. The van der Waals surface area contributed by atoms with Gasteiger partial charge in [0, 0.05) is 11.1 Å². The first kappa shape index (κ1) is 15.3. The molecule has 0 aliphatic carbocycles. The van der Waals surface area contributed by atoms with E-state index in [0.717, 1.165) is 24.8 Å². The number of esters is 1. The minimum atomic E-state index is -1.21. The van der Waals surface area contributed by atoms with Crippen molar-refractivity contribution in [3.8, 4) is 5.75 Å². The lowest BCUT2D eigenvalue weighted by atomic mass is 9.92. The molecule has 1 aromatic rings.